The number of halogens is 3. The van der Waals surface area contributed by atoms with Gasteiger partial charge in [-0.2, -0.15) is 13.2 Å². The molecule has 1 amide bonds. The zero-order chi connectivity index (χ0) is 21.2. The molecule has 7 heteroatoms. The lowest BCUT2D eigenvalue weighted by atomic mass is 9.77. The number of amides is 1. The minimum Gasteiger partial charge on any atom is -0.481 e. The summed E-state index contributed by atoms with van der Waals surface area (Å²) in [6.07, 6.45) is -2.32. The summed E-state index contributed by atoms with van der Waals surface area (Å²) in [5.74, 6) is -1.53. The summed E-state index contributed by atoms with van der Waals surface area (Å²) >= 11 is 0. The largest absolute Gasteiger partial charge is 0.481 e. The Morgan fingerprint density at radius 3 is 2.17 bits per heavy atom. The van der Waals surface area contributed by atoms with E-state index >= 15 is 0 Å². The summed E-state index contributed by atoms with van der Waals surface area (Å²) in [6.45, 7) is 1.89. The molecule has 2 N–H and O–H groups in total. The van der Waals surface area contributed by atoms with Gasteiger partial charge in [0.15, 0.2) is 0 Å². The number of alkyl halides is 3. The van der Waals surface area contributed by atoms with Crippen LogP contribution in [0.1, 0.15) is 48.5 Å². The first-order valence-corrected chi connectivity index (χ1v) is 9.41. The Hall–Kier alpha value is -2.83. The van der Waals surface area contributed by atoms with Crippen LogP contribution in [-0.2, 0) is 11.0 Å². The van der Waals surface area contributed by atoms with Crippen molar-refractivity contribution < 1.29 is 27.9 Å². The third-order valence-corrected chi connectivity index (χ3v) is 5.55. The topological polar surface area (TPSA) is 66.4 Å². The van der Waals surface area contributed by atoms with Gasteiger partial charge in [0.2, 0.25) is 0 Å². The van der Waals surface area contributed by atoms with Crippen LogP contribution in [0.25, 0.3) is 11.1 Å². The van der Waals surface area contributed by atoms with Gasteiger partial charge in [-0.3, -0.25) is 9.59 Å². The SMILES string of the molecule is CC1(NC(=O)c2ccccc2-c2ccc(C(F)(F)F)cc2)CCC(C(=O)O)CC1. The van der Waals surface area contributed by atoms with E-state index in [2.05, 4.69) is 5.32 Å². The number of nitrogens with one attached hydrogen (secondary N) is 1. The van der Waals surface area contributed by atoms with Crippen molar-refractivity contribution in [1.82, 2.24) is 5.32 Å². The first-order chi connectivity index (χ1) is 13.6. The van der Waals surface area contributed by atoms with Crippen molar-refractivity contribution in [3.8, 4) is 11.1 Å². The fourth-order valence-electron chi connectivity index (χ4n) is 3.74. The molecule has 0 atom stereocenters. The third-order valence-electron chi connectivity index (χ3n) is 5.55. The molecule has 0 aliphatic heterocycles. The monoisotopic (exact) mass is 405 g/mol. The molecule has 1 aliphatic carbocycles. The number of carboxylic acid groups (broad SMARTS) is 1. The van der Waals surface area contributed by atoms with E-state index in [1.807, 2.05) is 6.92 Å². The molecule has 4 nitrogen and oxygen atoms in total. The smallest absolute Gasteiger partial charge is 0.416 e. The normalized spacial score (nSPS) is 22.1. The second kappa shape index (κ2) is 7.89. The molecule has 1 fully saturated rings. The maximum atomic E-state index is 12.9. The van der Waals surface area contributed by atoms with Crippen LogP contribution in [0.15, 0.2) is 48.5 Å². The Kier molecular flexibility index (Phi) is 5.68. The molecular weight excluding hydrogens is 383 g/mol. The van der Waals surface area contributed by atoms with Crippen molar-refractivity contribution in [2.24, 2.45) is 5.92 Å². The van der Waals surface area contributed by atoms with Crippen molar-refractivity contribution in [3.05, 3.63) is 59.7 Å². The zero-order valence-corrected chi connectivity index (χ0v) is 15.9. The Morgan fingerprint density at radius 2 is 1.62 bits per heavy atom. The van der Waals surface area contributed by atoms with Gasteiger partial charge in [0.1, 0.15) is 0 Å². The Bertz CT molecular complexity index is 898. The number of aliphatic carboxylic acids is 1. The molecule has 2 aromatic rings. The van der Waals surface area contributed by atoms with Gasteiger partial charge in [-0.15, -0.1) is 0 Å². The lowest BCUT2D eigenvalue weighted by molar-refractivity contribution is -0.143. The summed E-state index contributed by atoms with van der Waals surface area (Å²) in [4.78, 5) is 24.1. The molecule has 0 spiro atoms. The highest BCUT2D eigenvalue weighted by Gasteiger charge is 2.35. The third kappa shape index (κ3) is 4.78. The van der Waals surface area contributed by atoms with E-state index in [1.54, 1.807) is 24.3 Å². The summed E-state index contributed by atoms with van der Waals surface area (Å²) < 4.78 is 38.4. The highest BCUT2D eigenvalue weighted by molar-refractivity contribution is 6.01. The standard InChI is InChI=1S/C22H22F3NO3/c1-21(12-10-15(11-13-21)20(28)29)26-19(27)18-5-3-2-4-17(18)14-6-8-16(9-7-14)22(23,24)25/h2-9,15H,10-13H2,1H3,(H,26,27)(H,28,29). The van der Waals surface area contributed by atoms with Crippen LogP contribution < -0.4 is 5.32 Å². The first-order valence-electron chi connectivity index (χ1n) is 9.41. The number of benzene rings is 2. The lowest BCUT2D eigenvalue weighted by Crippen LogP contribution is -2.49. The van der Waals surface area contributed by atoms with Crippen LogP contribution in [0.5, 0.6) is 0 Å². The van der Waals surface area contributed by atoms with Crippen LogP contribution in [0.3, 0.4) is 0 Å². The molecule has 1 aliphatic rings. The molecule has 0 aromatic heterocycles. The molecule has 0 saturated heterocycles. The molecule has 2 aromatic carbocycles. The van der Waals surface area contributed by atoms with E-state index in [9.17, 15) is 22.8 Å². The summed E-state index contributed by atoms with van der Waals surface area (Å²) in [5, 5.41) is 12.1. The van der Waals surface area contributed by atoms with Gasteiger partial charge in [-0.05, 0) is 61.9 Å². The molecule has 29 heavy (non-hydrogen) atoms. The number of rotatable bonds is 4. The van der Waals surface area contributed by atoms with Gasteiger partial charge < -0.3 is 10.4 Å². The predicted octanol–water partition coefficient (Wildman–Crippen LogP) is 5.14. The average molecular weight is 405 g/mol. The molecular formula is C22H22F3NO3. The van der Waals surface area contributed by atoms with Crippen LogP contribution >= 0.6 is 0 Å². The van der Waals surface area contributed by atoms with Crippen LogP contribution in [-0.4, -0.2) is 22.5 Å². The van der Waals surface area contributed by atoms with Gasteiger partial charge in [-0.25, -0.2) is 0 Å². The number of hydrogen-bond donors (Lipinski definition) is 2. The fourth-order valence-corrected chi connectivity index (χ4v) is 3.74. The summed E-state index contributed by atoms with van der Waals surface area (Å²) in [6, 6.07) is 11.5. The molecule has 0 bridgehead atoms. The van der Waals surface area contributed by atoms with Crippen molar-refractivity contribution in [2.75, 3.05) is 0 Å². The van der Waals surface area contributed by atoms with E-state index in [4.69, 9.17) is 5.11 Å². The zero-order valence-electron chi connectivity index (χ0n) is 15.9. The highest BCUT2D eigenvalue weighted by atomic mass is 19.4. The van der Waals surface area contributed by atoms with Crippen LogP contribution in [0.4, 0.5) is 13.2 Å². The second-order valence-electron chi connectivity index (χ2n) is 7.75. The second-order valence-corrected chi connectivity index (χ2v) is 7.75. The van der Waals surface area contributed by atoms with E-state index in [1.165, 1.54) is 12.1 Å². The average Bonchev–Trinajstić information content (AvgIpc) is 2.67. The van der Waals surface area contributed by atoms with E-state index < -0.39 is 23.2 Å². The van der Waals surface area contributed by atoms with Gasteiger partial charge in [0.25, 0.3) is 5.91 Å². The van der Waals surface area contributed by atoms with Crippen LogP contribution in [0, 0.1) is 5.92 Å². The molecule has 1 saturated carbocycles. The molecule has 0 unspecified atom stereocenters. The van der Waals surface area contributed by atoms with Crippen molar-refractivity contribution in [1.29, 1.82) is 0 Å². The Morgan fingerprint density at radius 1 is 1.03 bits per heavy atom. The maximum absolute atomic E-state index is 12.9. The van der Waals surface area contributed by atoms with E-state index in [-0.39, 0.29) is 11.8 Å². The molecule has 0 radical (unpaired) electrons. The number of carbonyl (C=O) groups is 2. The predicted molar refractivity (Wildman–Crippen MR) is 102 cm³/mol. The molecule has 154 valence electrons. The van der Waals surface area contributed by atoms with Crippen molar-refractivity contribution in [3.63, 3.8) is 0 Å². The van der Waals surface area contributed by atoms with Crippen LogP contribution in [0.2, 0.25) is 0 Å². The number of carbonyl (C=O) groups excluding carboxylic acids is 1. The van der Waals surface area contributed by atoms with Gasteiger partial charge in [-0.1, -0.05) is 30.3 Å². The molecule has 0 heterocycles. The lowest BCUT2D eigenvalue weighted by Gasteiger charge is -2.37. The number of carboxylic acids is 1. The minimum atomic E-state index is -4.42. The van der Waals surface area contributed by atoms with Gasteiger partial charge in [0, 0.05) is 11.1 Å². The summed E-state index contributed by atoms with van der Waals surface area (Å²) in [5.41, 5.74) is 0.167. The maximum Gasteiger partial charge on any atom is 0.416 e. The van der Waals surface area contributed by atoms with E-state index in [0.717, 1.165) is 12.1 Å². The first kappa shape index (κ1) is 20.9. The van der Waals surface area contributed by atoms with Crippen molar-refractivity contribution in [2.45, 2.75) is 44.3 Å². The fraction of sp³-hybridized carbons (Fsp3) is 0.364. The van der Waals surface area contributed by atoms with E-state index in [0.29, 0.717) is 42.4 Å². The van der Waals surface area contributed by atoms with Crippen molar-refractivity contribution >= 4 is 11.9 Å². The number of hydrogen-bond acceptors (Lipinski definition) is 2. The minimum absolute atomic E-state index is 0.322. The highest BCUT2D eigenvalue weighted by Crippen LogP contribution is 2.34. The molecule has 3 rings (SSSR count). The van der Waals surface area contributed by atoms with Gasteiger partial charge >= 0.3 is 12.1 Å². The summed E-state index contributed by atoms with van der Waals surface area (Å²) in [7, 11) is 0. The quantitative estimate of drug-likeness (QED) is 0.741. The Labute approximate surface area is 166 Å². The Balaban J connectivity index is 1.80. The van der Waals surface area contributed by atoms with Gasteiger partial charge in [0.05, 0.1) is 11.5 Å².